The molecule has 1 aromatic heterocycles. The molecule has 3 nitrogen and oxygen atoms in total. The normalized spacial score (nSPS) is 11.7. The van der Waals surface area contributed by atoms with Gasteiger partial charge in [0, 0.05) is 11.6 Å². The molecule has 2 aromatic rings. The third-order valence-corrected chi connectivity index (χ3v) is 2.04. The molecule has 0 aliphatic heterocycles. The molecule has 0 saturated carbocycles. The molecule has 0 atom stereocenters. The van der Waals surface area contributed by atoms with Crippen LogP contribution in [0.3, 0.4) is 0 Å². The standard InChI is InChI=1S/C10H7F3N2O/c11-10(12,13)7-4-2-1-3-6(7)8-5-9(14)16-15-8/h1-5H,14H2. The number of benzene rings is 1. The van der Waals surface area contributed by atoms with E-state index in [1.807, 2.05) is 0 Å². The van der Waals surface area contributed by atoms with E-state index in [0.717, 1.165) is 6.07 Å². The molecule has 6 heteroatoms. The molecule has 1 aromatic carbocycles. The van der Waals surface area contributed by atoms with E-state index >= 15 is 0 Å². The Morgan fingerprint density at radius 2 is 1.88 bits per heavy atom. The second kappa shape index (κ2) is 3.55. The fraction of sp³-hybridized carbons (Fsp3) is 0.100. The van der Waals surface area contributed by atoms with Gasteiger partial charge in [-0.25, -0.2) is 0 Å². The number of rotatable bonds is 1. The summed E-state index contributed by atoms with van der Waals surface area (Å²) in [5.74, 6) is -0.0213. The summed E-state index contributed by atoms with van der Waals surface area (Å²) in [6.07, 6.45) is -4.43. The molecule has 1 heterocycles. The molecule has 0 fully saturated rings. The molecular weight excluding hydrogens is 221 g/mol. The van der Waals surface area contributed by atoms with Gasteiger partial charge < -0.3 is 10.3 Å². The third-order valence-electron chi connectivity index (χ3n) is 2.04. The quantitative estimate of drug-likeness (QED) is 0.816. The van der Waals surface area contributed by atoms with E-state index in [-0.39, 0.29) is 17.1 Å². The zero-order chi connectivity index (χ0) is 11.8. The van der Waals surface area contributed by atoms with E-state index in [0.29, 0.717) is 0 Å². The van der Waals surface area contributed by atoms with E-state index in [1.54, 1.807) is 0 Å². The number of anilines is 1. The first-order valence-corrected chi connectivity index (χ1v) is 4.37. The van der Waals surface area contributed by atoms with E-state index in [1.165, 1.54) is 24.3 Å². The Labute approximate surface area is 88.7 Å². The van der Waals surface area contributed by atoms with Gasteiger partial charge in [-0.1, -0.05) is 23.4 Å². The summed E-state index contributed by atoms with van der Waals surface area (Å²) in [5.41, 5.74) is 4.53. The van der Waals surface area contributed by atoms with Crippen molar-refractivity contribution in [2.24, 2.45) is 0 Å². The Balaban J connectivity index is 2.57. The fourth-order valence-electron chi connectivity index (χ4n) is 1.37. The van der Waals surface area contributed by atoms with Crippen molar-refractivity contribution in [3.63, 3.8) is 0 Å². The van der Waals surface area contributed by atoms with Crippen molar-refractivity contribution >= 4 is 5.88 Å². The van der Waals surface area contributed by atoms with Crippen molar-refractivity contribution in [2.45, 2.75) is 6.18 Å². The van der Waals surface area contributed by atoms with Crippen LogP contribution in [0.25, 0.3) is 11.3 Å². The summed E-state index contributed by atoms with van der Waals surface area (Å²) >= 11 is 0. The lowest BCUT2D eigenvalue weighted by Gasteiger charge is -2.09. The van der Waals surface area contributed by atoms with Gasteiger partial charge in [-0.15, -0.1) is 0 Å². The molecule has 0 bridgehead atoms. The van der Waals surface area contributed by atoms with Gasteiger partial charge in [-0.05, 0) is 6.07 Å². The maximum absolute atomic E-state index is 12.7. The van der Waals surface area contributed by atoms with E-state index in [4.69, 9.17) is 5.73 Å². The molecular formula is C10H7F3N2O. The summed E-state index contributed by atoms with van der Waals surface area (Å²) in [6.45, 7) is 0. The van der Waals surface area contributed by atoms with Crippen LogP contribution in [0.1, 0.15) is 5.56 Å². The Morgan fingerprint density at radius 1 is 1.19 bits per heavy atom. The second-order valence-electron chi connectivity index (χ2n) is 3.16. The first kappa shape index (κ1) is 10.5. The van der Waals surface area contributed by atoms with Gasteiger partial charge in [0.05, 0.1) is 5.56 Å². The first-order valence-electron chi connectivity index (χ1n) is 4.37. The van der Waals surface area contributed by atoms with Crippen molar-refractivity contribution < 1.29 is 17.7 Å². The number of nitrogen functional groups attached to an aromatic ring is 1. The lowest BCUT2D eigenvalue weighted by molar-refractivity contribution is -0.137. The highest BCUT2D eigenvalue weighted by Gasteiger charge is 2.33. The second-order valence-corrected chi connectivity index (χ2v) is 3.16. The van der Waals surface area contributed by atoms with E-state index < -0.39 is 11.7 Å². The number of halogens is 3. The average Bonchev–Trinajstić information content (AvgIpc) is 2.64. The van der Waals surface area contributed by atoms with Crippen molar-refractivity contribution in [1.29, 1.82) is 0 Å². The summed E-state index contributed by atoms with van der Waals surface area (Å²) in [4.78, 5) is 0. The Hall–Kier alpha value is -1.98. The minimum Gasteiger partial charge on any atom is -0.368 e. The van der Waals surface area contributed by atoms with Crippen LogP contribution in [0, 0.1) is 0 Å². The van der Waals surface area contributed by atoms with Gasteiger partial charge in [-0.3, -0.25) is 0 Å². The van der Waals surface area contributed by atoms with Crippen molar-refractivity contribution in [3.8, 4) is 11.3 Å². The molecule has 16 heavy (non-hydrogen) atoms. The summed E-state index contributed by atoms with van der Waals surface area (Å²) in [6, 6.07) is 6.37. The maximum Gasteiger partial charge on any atom is 0.417 e. The van der Waals surface area contributed by atoms with Crippen molar-refractivity contribution in [3.05, 3.63) is 35.9 Å². The highest BCUT2D eigenvalue weighted by atomic mass is 19.4. The number of alkyl halides is 3. The zero-order valence-corrected chi connectivity index (χ0v) is 7.95. The molecule has 0 aliphatic carbocycles. The summed E-state index contributed by atoms with van der Waals surface area (Å²) in [5, 5.41) is 3.46. The van der Waals surface area contributed by atoms with Gasteiger partial charge in [0.25, 0.3) is 0 Å². The fourth-order valence-corrected chi connectivity index (χ4v) is 1.37. The van der Waals surface area contributed by atoms with Crippen LogP contribution in [0.2, 0.25) is 0 Å². The predicted molar refractivity (Wildman–Crippen MR) is 51.4 cm³/mol. The third kappa shape index (κ3) is 1.86. The minimum absolute atomic E-state index is 0.0213. The highest BCUT2D eigenvalue weighted by molar-refractivity contribution is 5.65. The number of nitrogens with zero attached hydrogens (tertiary/aromatic N) is 1. The van der Waals surface area contributed by atoms with Crippen LogP contribution >= 0.6 is 0 Å². The molecule has 84 valence electrons. The summed E-state index contributed by atoms with van der Waals surface area (Å²) in [7, 11) is 0. The summed E-state index contributed by atoms with van der Waals surface area (Å²) < 4.78 is 42.5. The van der Waals surface area contributed by atoms with Crippen LogP contribution in [-0.4, -0.2) is 5.16 Å². The highest BCUT2D eigenvalue weighted by Crippen LogP contribution is 2.36. The smallest absolute Gasteiger partial charge is 0.368 e. The zero-order valence-electron chi connectivity index (χ0n) is 7.95. The lowest BCUT2D eigenvalue weighted by Crippen LogP contribution is -2.06. The van der Waals surface area contributed by atoms with Crippen LogP contribution in [-0.2, 0) is 6.18 Å². The number of hydrogen-bond acceptors (Lipinski definition) is 3. The van der Waals surface area contributed by atoms with Crippen LogP contribution in [0.4, 0.5) is 19.1 Å². The van der Waals surface area contributed by atoms with Crippen molar-refractivity contribution in [2.75, 3.05) is 5.73 Å². The minimum atomic E-state index is -4.43. The number of hydrogen-bond donors (Lipinski definition) is 1. The molecule has 0 saturated heterocycles. The van der Waals surface area contributed by atoms with Gasteiger partial charge >= 0.3 is 6.18 Å². The Bertz CT molecular complexity index is 505. The maximum atomic E-state index is 12.7. The monoisotopic (exact) mass is 228 g/mol. The van der Waals surface area contributed by atoms with Gasteiger partial charge in [0.1, 0.15) is 5.69 Å². The van der Waals surface area contributed by atoms with Gasteiger partial charge in [-0.2, -0.15) is 13.2 Å². The Kier molecular flexibility index (Phi) is 2.34. The van der Waals surface area contributed by atoms with Crippen LogP contribution in [0.15, 0.2) is 34.9 Å². The van der Waals surface area contributed by atoms with Crippen molar-refractivity contribution in [1.82, 2.24) is 5.16 Å². The largest absolute Gasteiger partial charge is 0.417 e. The van der Waals surface area contributed by atoms with Gasteiger partial charge in [0.2, 0.25) is 5.88 Å². The molecule has 0 unspecified atom stereocenters. The van der Waals surface area contributed by atoms with Crippen LogP contribution < -0.4 is 5.73 Å². The average molecular weight is 228 g/mol. The number of nitrogens with two attached hydrogens (primary N) is 1. The molecule has 2 rings (SSSR count). The molecule has 0 radical (unpaired) electrons. The van der Waals surface area contributed by atoms with E-state index in [2.05, 4.69) is 9.68 Å². The molecule has 0 aliphatic rings. The van der Waals surface area contributed by atoms with E-state index in [9.17, 15) is 13.2 Å². The molecule has 0 amide bonds. The lowest BCUT2D eigenvalue weighted by atomic mass is 10.0. The molecule has 0 spiro atoms. The number of aromatic nitrogens is 1. The first-order chi connectivity index (χ1) is 7.48. The van der Waals surface area contributed by atoms with Gasteiger partial charge in [0.15, 0.2) is 0 Å². The molecule has 2 N–H and O–H groups in total. The Morgan fingerprint density at radius 3 is 2.44 bits per heavy atom. The SMILES string of the molecule is Nc1cc(-c2ccccc2C(F)(F)F)no1. The van der Waals surface area contributed by atoms with Crippen LogP contribution in [0.5, 0.6) is 0 Å². The predicted octanol–water partition coefficient (Wildman–Crippen LogP) is 2.94. The topological polar surface area (TPSA) is 52.0 Å².